The van der Waals surface area contributed by atoms with E-state index >= 15 is 0 Å². The molecule has 1 N–H and O–H groups in total. The monoisotopic (exact) mass is 316 g/mol. The average molecular weight is 316 g/mol. The molecular formula is C16H20N4O3. The fourth-order valence-corrected chi connectivity index (χ4v) is 2.13. The van der Waals surface area contributed by atoms with Crippen LogP contribution in [0.2, 0.25) is 0 Å². The molecule has 1 aromatic carbocycles. The van der Waals surface area contributed by atoms with Gasteiger partial charge in [0.05, 0.1) is 11.3 Å². The van der Waals surface area contributed by atoms with E-state index in [0.717, 1.165) is 18.5 Å². The number of benzene rings is 1. The second-order valence-corrected chi connectivity index (χ2v) is 5.22. The Kier molecular flexibility index (Phi) is 5.85. The smallest absolute Gasteiger partial charge is 0.338 e. The van der Waals surface area contributed by atoms with Crippen molar-refractivity contribution in [3.63, 3.8) is 0 Å². The molecular weight excluding hydrogens is 296 g/mol. The van der Waals surface area contributed by atoms with Crippen LogP contribution in [0.5, 0.6) is 0 Å². The Labute approximate surface area is 134 Å². The predicted molar refractivity (Wildman–Crippen MR) is 84.2 cm³/mol. The zero-order chi connectivity index (χ0) is 16.7. The lowest BCUT2D eigenvalue weighted by Gasteiger charge is -2.12. The summed E-state index contributed by atoms with van der Waals surface area (Å²) in [6.07, 6.45) is 4.87. The van der Waals surface area contributed by atoms with Crippen molar-refractivity contribution < 1.29 is 14.3 Å². The molecule has 0 aliphatic rings. The molecule has 1 amide bonds. The fraction of sp³-hybridized carbons (Fsp3) is 0.375. The van der Waals surface area contributed by atoms with Gasteiger partial charge >= 0.3 is 5.97 Å². The minimum atomic E-state index is -0.534. The molecule has 0 aliphatic heterocycles. The minimum absolute atomic E-state index is 0.0770. The van der Waals surface area contributed by atoms with Crippen LogP contribution in [-0.2, 0) is 9.53 Å². The van der Waals surface area contributed by atoms with E-state index in [-0.39, 0.29) is 18.6 Å². The van der Waals surface area contributed by atoms with Crippen LogP contribution < -0.4 is 5.32 Å². The van der Waals surface area contributed by atoms with Crippen LogP contribution in [0.4, 0.5) is 0 Å². The maximum absolute atomic E-state index is 11.9. The van der Waals surface area contributed by atoms with Crippen LogP contribution in [-0.4, -0.2) is 39.3 Å². The number of rotatable bonds is 7. The number of hydrogen-bond acceptors (Lipinski definition) is 5. The molecule has 1 aromatic heterocycles. The van der Waals surface area contributed by atoms with Crippen molar-refractivity contribution in [3.8, 4) is 5.69 Å². The Morgan fingerprint density at radius 1 is 1.30 bits per heavy atom. The second-order valence-electron chi connectivity index (χ2n) is 5.22. The highest BCUT2D eigenvalue weighted by atomic mass is 16.5. The van der Waals surface area contributed by atoms with E-state index in [1.165, 1.54) is 6.33 Å². The summed E-state index contributed by atoms with van der Waals surface area (Å²) < 4.78 is 6.59. The van der Waals surface area contributed by atoms with E-state index in [9.17, 15) is 9.59 Å². The Hall–Kier alpha value is -2.70. The van der Waals surface area contributed by atoms with Crippen LogP contribution in [0, 0.1) is 0 Å². The summed E-state index contributed by atoms with van der Waals surface area (Å²) in [5, 5.41) is 6.78. The first-order chi connectivity index (χ1) is 11.1. The largest absolute Gasteiger partial charge is 0.452 e. The van der Waals surface area contributed by atoms with Crippen molar-refractivity contribution in [2.24, 2.45) is 0 Å². The molecule has 0 unspecified atom stereocenters. The highest BCUT2D eigenvalue weighted by Gasteiger charge is 2.12. The fourth-order valence-electron chi connectivity index (χ4n) is 2.13. The molecule has 7 nitrogen and oxygen atoms in total. The van der Waals surface area contributed by atoms with Gasteiger partial charge in [-0.1, -0.05) is 13.3 Å². The summed E-state index contributed by atoms with van der Waals surface area (Å²) >= 11 is 0. The maximum atomic E-state index is 11.9. The van der Waals surface area contributed by atoms with E-state index in [1.54, 1.807) is 35.3 Å². The van der Waals surface area contributed by atoms with Gasteiger partial charge in [0.15, 0.2) is 6.61 Å². The SMILES string of the molecule is CCC[C@@H](C)NC(=O)COC(=O)c1ccc(-n2cncn2)cc1. The van der Waals surface area contributed by atoms with Gasteiger partial charge in [0.2, 0.25) is 0 Å². The highest BCUT2D eigenvalue weighted by molar-refractivity contribution is 5.91. The zero-order valence-corrected chi connectivity index (χ0v) is 13.2. The molecule has 0 radical (unpaired) electrons. The van der Waals surface area contributed by atoms with Crippen molar-refractivity contribution in [3.05, 3.63) is 42.5 Å². The van der Waals surface area contributed by atoms with E-state index in [1.807, 2.05) is 13.8 Å². The molecule has 0 aliphatic carbocycles. The number of amides is 1. The summed E-state index contributed by atoms with van der Waals surface area (Å²) in [7, 11) is 0. The Balaban J connectivity index is 1.85. The number of hydrogen-bond donors (Lipinski definition) is 1. The molecule has 0 spiro atoms. The summed E-state index contributed by atoms with van der Waals surface area (Å²) in [4.78, 5) is 27.4. The minimum Gasteiger partial charge on any atom is -0.452 e. The molecule has 23 heavy (non-hydrogen) atoms. The predicted octanol–water partition coefficient (Wildman–Crippen LogP) is 1.73. The summed E-state index contributed by atoms with van der Waals surface area (Å²) in [6.45, 7) is 3.69. The second kappa shape index (κ2) is 8.07. The van der Waals surface area contributed by atoms with Gasteiger partial charge in [-0.3, -0.25) is 4.79 Å². The van der Waals surface area contributed by atoms with Gasteiger partial charge in [0, 0.05) is 6.04 Å². The van der Waals surface area contributed by atoms with Crippen molar-refractivity contribution in [1.29, 1.82) is 0 Å². The first-order valence-electron chi connectivity index (χ1n) is 7.51. The standard InChI is InChI=1S/C16H20N4O3/c1-3-4-12(2)19-15(21)9-23-16(22)13-5-7-14(8-6-13)20-11-17-10-18-20/h5-8,10-12H,3-4,9H2,1-2H3,(H,19,21)/t12-/m1/s1. The van der Waals surface area contributed by atoms with Gasteiger partial charge in [-0.2, -0.15) is 5.10 Å². The van der Waals surface area contributed by atoms with Gasteiger partial charge in [-0.05, 0) is 37.6 Å². The van der Waals surface area contributed by atoms with E-state index in [2.05, 4.69) is 15.4 Å². The zero-order valence-electron chi connectivity index (χ0n) is 13.2. The number of ether oxygens (including phenoxy) is 1. The molecule has 7 heteroatoms. The van der Waals surface area contributed by atoms with Gasteiger partial charge < -0.3 is 10.1 Å². The molecule has 0 saturated heterocycles. The van der Waals surface area contributed by atoms with Crippen LogP contribution >= 0.6 is 0 Å². The maximum Gasteiger partial charge on any atom is 0.338 e. The average Bonchev–Trinajstić information content (AvgIpc) is 3.07. The first-order valence-corrected chi connectivity index (χ1v) is 7.51. The number of esters is 1. The lowest BCUT2D eigenvalue weighted by atomic mass is 10.2. The molecule has 1 atom stereocenters. The van der Waals surface area contributed by atoms with Crippen molar-refractivity contribution in [2.45, 2.75) is 32.7 Å². The number of aromatic nitrogens is 3. The lowest BCUT2D eigenvalue weighted by molar-refractivity contribution is -0.124. The van der Waals surface area contributed by atoms with E-state index in [4.69, 9.17) is 4.74 Å². The molecule has 0 fully saturated rings. The Morgan fingerprint density at radius 3 is 2.65 bits per heavy atom. The lowest BCUT2D eigenvalue weighted by Crippen LogP contribution is -2.35. The third-order valence-electron chi connectivity index (χ3n) is 3.25. The molecule has 0 bridgehead atoms. The van der Waals surface area contributed by atoms with Gasteiger partial charge in [0.1, 0.15) is 12.7 Å². The Bertz CT molecular complexity index is 638. The highest BCUT2D eigenvalue weighted by Crippen LogP contribution is 2.09. The first kappa shape index (κ1) is 16.7. The third-order valence-corrected chi connectivity index (χ3v) is 3.25. The quantitative estimate of drug-likeness (QED) is 0.786. The van der Waals surface area contributed by atoms with Crippen LogP contribution in [0.15, 0.2) is 36.9 Å². The van der Waals surface area contributed by atoms with Gasteiger partial charge in [0.25, 0.3) is 5.91 Å². The molecule has 1 heterocycles. The summed E-state index contributed by atoms with van der Waals surface area (Å²) in [5.74, 6) is -0.827. The normalized spacial score (nSPS) is 11.7. The van der Waals surface area contributed by atoms with E-state index in [0.29, 0.717) is 5.56 Å². The Morgan fingerprint density at radius 2 is 2.04 bits per heavy atom. The van der Waals surface area contributed by atoms with Gasteiger partial charge in [-0.25, -0.2) is 14.5 Å². The summed E-state index contributed by atoms with van der Waals surface area (Å²) in [5.41, 5.74) is 1.16. The molecule has 122 valence electrons. The van der Waals surface area contributed by atoms with Crippen molar-refractivity contribution in [1.82, 2.24) is 20.1 Å². The number of carbonyl (C=O) groups is 2. The number of nitrogens with zero attached hydrogens (tertiary/aromatic N) is 3. The van der Waals surface area contributed by atoms with Crippen LogP contribution in [0.3, 0.4) is 0 Å². The van der Waals surface area contributed by atoms with Gasteiger partial charge in [-0.15, -0.1) is 0 Å². The molecule has 0 saturated carbocycles. The van der Waals surface area contributed by atoms with Crippen molar-refractivity contribution in [2.75, 3.05) is 6.61 Å². The van der Waals surface area contributed by atoms with E-state index < -0.39 is 5.97 Å². The number of carbonyl (C=O) groups excluding carboxylic acids is 2. The summed E-state index contributed by atoms with van der Waals surface area (Å²) in [6, 6.07) is 6.78. The molecule has 2 rings (SSSR count). The topological polar surface area (TPSA) is 86.1 Å². The molecule has 2 aromatic rings. The van der Waals surface area contributed by atoms with Crippen LogP contribution in [0.25, 0.3) is 5.69 Å². The number of nitrogens with one attached hydrogen (secondary N) is 1. The van der Waals surface area contributed by atoms with Crippen molar-refractivity contribution >= 4 is 11.9 Å². The van der Waals surface area contributed by atoms with Crippen LogP contribution in [0.1, 0.15) is 37.0 Å². The third kappa shape index (κ3) is 4.91.